The van der Waals surface area contributed by atoms with Crippen LogP contribution in [-0.4, -0.2) is 38.1 Å². The summed E-state index contributed by atoms with van der Waals surface area (Å²) >= 11 is 1.37. The van der Waals surface area contributed by atoms with E-state index in [4.69, 9.17) is 10.1 Å². The Morgan fingerprint density at radius 3 is 2.66 bits per heavy atom. The Morgan fingerprint density at radius 2 is 1.89 bits per heavy atom. The van der Waals surface area contributed by atoms with E-state index in [0.717, 1.165) is 51.2 Å². The van der Waals surface area contributed by atoms with Crippen molar-refractivity contribution in [3.63, 3.8) is 0 Å². The monoisotopic (exact) mass is 485 g/mol. The summed E-state index contributed by atoms with van der Waals surface area (Å²) in [6, 6.07) is 14.2. The van der Waals surface area contributed by atoms with Gasteiger partial charge in [0, 0.05) is 22.7 Å². The van der Waals surface area contributed by atoms with Crippen molar-refractivity contribution in [3.8, 4) is 5.75 Å². The number of hydrogen-bond donors (Lipinski definition) is 1. The van der Waals surface area contributed by atoms with Crippen molar-refractivity contribution in [2.45, 2.75) is 40.2 Å². The van der Waals surface area contributed by atoms with Crippen LogP contribution in [0.4, 0.5) is 0 Å². The van der Waals surface area contributed by atoms with Gasteiger partial charge in [0.1, 0.15) is 17.4 Å². The molecular weight excluding hydrogens is 458 g/mol. The Bertz CT molecular complexity index is 1410. The molecule has 0 spiro atoms. The average molecular weight is 486 g/mol. The highest BCUT2D eigenvalue weighted by atomic mass is 32.2. The zero-order chi connectivity index (χ0) is 24.5. The van der Waals surface area contributed by atoms with E-state index in [1.54, 1.807) is 6.08 Å². The molecule has 0 fully saturated rings. The van der Waals surface area contributed by atoms with Crippen molar-refractivity contribution in [1.82, 2.24) is 9.58 Å². The van der Waals surface area contributed by atoms with Crippen molar-refractivity contribution in [1.29, 1.82) is 5.41 Å². The minimum Gasteiger partial charge on any atom is -0.491 e. The van der Waals surface area contributed by atoms with Crippen LogP contribution in [0.15, 0.2) is 64.3 Å². The van der Waals surface area contributed by atoms with E-state index in [9.17, 15) is 4.79 Å². The fraction of sp³-hybridized carbons (Fsp3) is 0.259. The largest absolute Gasteiger partial charge is 0.491 e. The van der Waals surface area contributed by atoms with Crippen LogP contribution in [0.2, 0.25) is 0 Å². The summed E-state index contributed by atoms with van der Waals surface area (Å²) in [6.45, 7) is 7.35. The molecule has 0 unspecified atom stereocenters. The topological polar surface area (TPSA) is 83.0 Å². The number of amides is 1. The predicted octanol–water partition coefficient (Wildman–Crippen LogP) is 5.76. The van der Waals surface area contributed by atoms with Gasteiger partial charge in [0.25, 0.3) is 5.91 Å². The van der Waals surface area contributed by atoms with Crippen LogP contribution in [0.25, 0.3) is 17.0 Å². The average Bonchev–Trinajstić information content (AvgIpc) is 3.40. The Hall–Kier alpha value is -3.65. The summed E-state index contributed by atoms with van der Waals surface area (Å²) < 4.78 is 8.25. The maximum atomic E-state index is 12.8. The Kier molecular flexibility index (Phi) is 6.30. The second-order valence-electron chi connectivity index (χ2n) is 8.63. The molecule has 2 aliphatic heterocycles. The summed E-state index contributed by atoms with van der Waals surface area (Å²) in [6.07, 6.45) is 5.52. The normalized spacial score (nSPS) is 16.7. The van der Waals surface area contributed by atoms with Crippen LogP contribution < -0.4 is 4.74 Å². The smallest absolute Gasteiger partial charge is 0.283 e. The van der Waals surface area contributed by atoms with Crippen molar-refractivity contribution < 1.29 is 9.53 Å². The number of aryl methyl sites for hydroxylation is 2. The second kappa shape index (κ2) is 9.54. The molecule has 5 rings (SSSR count). The standard InChI is InChI=1S/C27H27N5O2S/c1-4-8-23-30-32-25(28)21(26(33)29-27(32)35-23)15-19-16-31(22-12-6-5-11-20(19)22)13-14-34-24-17(2)9-7-10-18(24)3/h5-7,9-12,15-16,28H,4,8,13-14H2,1-3H3/b21-15-,28-25?. The molecule has 0 saturated heterocycles. The molecule has 1 aromatic heterocycles. The lowest BCUT2D eigenvalue weighted by Gasteiger charge is -2.20. The first-order valence-electron chi connectivity index (χ1n) is 11.7. The Morgan fingerprint density at radius 1 is 1.11 bits per heavy atom. The molecule has 7 nitrogen and oxygen atoms in total. The van der Waals surface area contributed by atoms with Crippen LogP contribution in [-0.2, 0) is 11.3 Å². The zero-order valence-corrected chi connectivity index (χ0v) is 20.9. The van der Waals surface area contributed by atoms with E-state index >= 15 is 0 Å². The lowest BCUT2D eigenvalue weighted by atomic mass is 10.1. The number of ether oxygens (including phenoxy) is 1. The summed E-state index contributed by atoms with van der Waals surface area (Å²) in [5.41, 5.74) is 4.39. The molecule has 0 bridgehead atoms. The number of fused-ring (bicyclic) bond motifs is 2. The first-order valence-corrected chi connectivity index (χ1v) is 12.5. The van der Waals surface area contributed by atoms with Crippen molar-refractivity contribution in [2.75, 3.05) is 6.61 Å². The van der Waals surface area contributed by atoms with Crippen molar-refractivity contribution >= 4 is 50.7 Å². The molecule has 178 valence electrons. The van der Waals surface area contributed by atoms with Gasteiger partial charge in [-0.15, -0.1) is 0 Å². The first-order chi connectivity index (χ1) is 17.0. The van der Waals surface area contributed by atoms with Crippen molar-refractivity contribution in [3.05, 3.63) is 70.9 Å². The highest BCUT2D eigenvalue weighted by molar-refractivity contribution is 8.26. The van der Waals surface area contributed by atoms with Gasteiger partial charge in [-0.05, 0) is 61.7 Å². The molecule has 3 aromatic rings. The van der Waals surface area contributed by atoms with Gasteiger partial charge in [0.2, 0.25) is 5.17 Å². The van der Waals surface area contributed by atoms with Gasteiger partial charge in [-0.25, -0.2) is 0 Å². The number of nitrogens with zero attached hydrogens (tertiary/aromatic N) is 4. The SMILES string of the molecule is CCCC1=NN2C(=N)/C(=C/c3cn(CCOc4c(C)cccc4C)c4ccccc34)C(=O)N=C2S1. The number of benzene rings is 2. The third-order valence-corrected chi connectivity index (χ3v) is 7.04. The number of para-hydroxylation sites is 2. The number of amidine groups is 2. The van der Waals surface area contributed by atoms with Crippen LogP contribution in [0, 0.1) is 19.3 Å². The van der Waals surface area contributed by atoms with Gasteiger partial charge >= 0.3 is 0 Å². The summed E-state index contributed by atoms with van der Waals surface area (Å²) in [5, 5.41) is 17.0. The number of aliphatic imine (C=N–C) groups is 1. The number of aromatic nitrogens is 1. The third kappa shape index (κ3) is 4.41. The fourth-order valence-corrected chi connectivity index (χ4v) is 5.34. The van der Waals surface area contributed by atoms with E-state index in [1.807, 2.05) is 30.5 Å². The molecular formula is C27H27N5O2S. The number of hydrogen-bond acceptors (Lipinski definition) is 5. The Labute approximate surface area is 208 Å². The molecule has 8 heteroatoms. The van der Waals surface area contributed by atoms with Gasteiger partial charge in [-0.2, -0.15) is 15.1 Å². The molecule has 0 radical (unpaired) electrons. The molecule has 0 saturated carbocycles. The lowest BCUT2D eigenvalue weighted by Crippen LogP contribution is -2.35. The number of hydrazone groups is 1. The highest BCUT2D eigenvalue weighted by Gasteiger charge is 2.35. The molecule has 2 aromatic carbocycles. The first kappa shape index (κ1) is 23.1. The fourth-order valence-electron chi connectivity index (χ4n) is 4.35. The van der Waals surface area contributed by atoms with Gasteiger partial charge in [-0.1, -0.05) is 43.3 Å². The van der Waals surface area contributed by atoms with E-state index < -0.39 is 5.91 Å². The maximum Gasteiger partial charge on any atom is 0.283 e. The molecule has 35 heavy (non-hydrogen) atoms. The van der Waals surface area contributed by atoms with Gasteiger partial charge in [0.05, 0.1) is 12.1 Å². The van der Waals surface area contributed by atoms with Gasteiger partial charge in [0.15, 0.2) is 5.84 Å². The number of carbonyl (C=O) groups is 1. The van der Waals surface area contributed by atoms with Gasteiger partial charge in [-0.3, -0.25) is 10.2 Å². The van der Waals surface area contributed by atoms with E-state index in [2.05, 4.69) is 53.6 Å². The molecule has 1 N–H and O–H groups in total. The molecule has 0 aliphatic carbocycles. The van der Waals surface area contributed by atoms with Crippen molar-refractivity contribution in [2.24, 2.45) is 10.1 Å². The predicted molar refractivity (Wildman–Crippen MR) is 143 cm³/mol. The molecule has 2 aliphatic rings. The van der Waals surface area contributed by atoms with Crippen LogP contribution in [0.3, 0.4) is 0 Å². The van der Waals surface area contributed by atoms with Crippen LogP contribution in [0.1, 0.15) is 36.5 Å². The summed E-state index contributed by atoms with van der Waals surface area (Å²) in [4.78, 5) is 17.0. The molecule has 0 atom stereocenters. The summed E-state index contributed by atoms with van der Waals surface area (Å²) in [5.74, 6) is 0.582. The Balaban J connectivity index is 1.43. The van der Waals surface area contributed by atoms with E-state index in [1.165, 1.54) is 16.8 Å². The second-order valence-corrected chi connectivity index (χ2v) is 9.67. The minimum atomic E-state index is -0.406. The maximum absolute atomic E-state index is 12.8. The number of rotatable bonds is 7. The minimum absolute atomic E-state index is 0.0637. The molecule has 1 amide bonds. The third-order valence-electron chi connectivity index (χ3n) is 6.07. The van der Waals surface area contributed by atoms with E-state index in [-0.39, 0.29) is 11.4 Å². The molecule has 3 heterocycles. The highest BCUT2D eigenvalue weighted by Crippen LogP contribution is 2.31. The van der Waals surface area contributed by atoms with E-state index in [0.29, 0.717) is 18.3 Å². The number of nitrogens with one attached hydrogen (secondary N) is 1. The zero-order valence-electron chi connectivity index (χ0n) is 20.0. The number of thioether (sulfide) groups is 1. The van der Waals surface area contributed by atoms with Crippen LogP contribution >= 0.6 is 11.8 Å². The lowest BCUT2D eigenvalue weighted by molar-refractivity contribution is -0.114. The number of carbonyl (C=O) groups excluding carboxylic acids is 1. The quantitative estimate of drug-likeness (QED) is 0.432. The van der Waals surface area contributed by atoms with Crippen LogP contribution in [0.5, 0.6) is 5.75 Å². The van der Waals surface area contributed by atoms with Gasteiger partial charge < -0.3 is 9.30 Å². The summed E-state index contributed by atoms with van der Waals surface area (Å²) in [7, 11) is 0.